The van der Waals surface area contributed by atoms with Gasteiger partial charge in [-0.1, -0.05) is 24.4 Å². The molecule has 0 amide bonds. The summed E-state index contributed by atoms with van der Waals surface area (Å²) >= 11 is 5.81. The van der Waals surface area contributed by atoms with Gasteiger partial charge in [-0.3, -0.25) is 10.1 Å². The zero-order valence-corrected chi connectivity index (χ0v) is 10.8. The first-order chi connectivity index (χ1) is 8.65. The number of nitrogens with zero attached hydrogens (tertiary/aromatic N) is 1. The molecule has 5 nitrogen and oxygen atoms in total. The van der Waals surface area contributed by atoms with Crippen LogP contribution in [0.4, 0.5) is 11.4 Å². The average Bonchev–Trinajstić information content (AvgIpc) is 2.33. The largest absolute Gasteiger partial charge is 0.396 e. The highest BCUT2D eigenvalue weighted by Crippen LogP contribution is 2.27. The summed E-state index contributed by atoms with van der Waals surface area (Å²) in [5.41, 5.74) is 0.490. The number of benzene rings is 1. The normalized spacial score (nSPS) is 10.3. The Labute approximate surface area is 111 Å². The molecule has 0 unspecified atom stereocenters. The third-order valence-corrected chi connectivity index (χ3v) is 2.79. The molecular formula is C12H17ClN2O3. The zero-order valence-electron chi connectivity index (χ0n) is 10.1. The molecule has 0 aliphatic carbocycles. The van der Waals surface area contributed by atoms with Gasteiger partial charge >= 0.3 is 0 Å². The number of anilines is 1. The summed E-state index contributed by atoms with van der Waals surface area (Å²) in [7, 11) is 0. The van der Waals surface area contributed by atoms with Crippen molar-refractivity contribution in [2.75, 3.05) is 18.5 Å². The molecule has 0 fully saturated rings. The van der Waals surface area contributed by atoms with E-state index in [2.05, 4.69) is 5.32 Å². The third-order valence-electron chi connectivity index (χ3n) is 2.56. The number of halogens is 1. The van der Waals surface area contributed by atoms with E-state index < -0.39 is 4.92 Å². The predicted molar refractivity (Wildman–Crippen MR) is 72.1 cm³/mol. The molecule has 0 spiro atoms. The van der Waals surface area contributed by atoms with Crippen molar-refractivity contribution in [2.45, 2.75) is 25.7 Å². The second-order valence-electron chi connectivity index (χ2n) is 3.98. The Kier molecular flexibility index (Phi) is 6.46. The van der Waals surface area contributed by atoms with Gasteiger partial charge in [0.05, 0.1) is 4.92 Å². The molecule has 6 heteroatoms. The van der Waals surface area contributed by atoms with Gasteiger partial charge in [-0.15, -0.1) is 0 Å². The Bertz CT molecular complexity index is 399. The topological polar surface area (TPSA) is 75.4 Å². The lowest BCUT2D eigenvalue weighted by Gasteiger charge is -2.07. The van der Waals surface area contributed by atoms with Crippen molar-refractivity contribution in [3.8, 4) is 0 Å². The molecule has 2 N–H and O–H groups in total. The van der Waals surface area contributed by atoms with Crippen LogP contribution in [-0.4, -0.2) is 23.2 Å². The van der Waals surface area contributed by atoms with E-state index in [-0.39, 0.29) is 12.3 Å². The molecule has 0 radical (unpaired) electrons. The van der Waals surface area contributed by atoms with E-state index >= 15 is 0 Å². The maximum Gasteiger partial charge on any atom is 0.292 e. The molecule has 1 aromatic carbocycles. The Balaban J connectivity index is 2.45. The molecule has 0 aliphatic heterocycles. The second kappa shape index (κ2) is 7.89. The summed E-state index contributed by atoms with van der Waals surface area (Å²) < 4.78 is 0. The number of rotatable bonds is 8. The summed E-state index contributed by atoms with van der Waals surface area (Å²) in [4.78, 5) is 10.4. The molecule has 0 heterocycles. The summed E-state index contributed by atoms with van der Waals surface area (Å²) in [6.45, 7) is 0.875. The monoisotopic (exact) mass is 272 g/mol. The van der Waals surface area contributed by atoms with Crippen molar-refractivity contribution < 1.29 is 10.0 Å². The summed E-state index contributed by atoms with van der Waals surface area (Å²) in [5, 5.41) is 22.9. The quantitative estimate of drug-likeness (QED) is 0.433. The molecule has 0 saturated heterocycles. The van der Waals surface area contributed by atoms with Crippen LogP contribution in [-0.2, 0) is 0 Å². The van der Waals surface area contributed by atoms with Crippen LogP contribution in [0.15, 0.2) is 18.2 Å². The second-order valence-corrected chi connectivity index (χ2v) is 4.42. The maximum absolute atomic E-state index is 10.8. The minimum atomic E-state index is -0.426. The Morgan fingerprint density at radius 2 is 2.00 bits per heavy atom. The molecule has 100 valence electrons. The standard InChI is InChI=1S/C12H17ClN2O3/c13-10-5-6-12(15(17)18)11(9-10)14-7-3-1-2-4-8-16/h5-6,9,14,16H,1-4,7-8H2. The predicted octanol–water partition coefficient (Wildman–Crippen LogP) is 3.21. The fourth-order valence-electron chi connectivity index (χ4n) is 1.62. The van der Waals surface area contributed by atoms with Crippen molar-refractivity contribution in [2.24, 2.45) is 0 Å². The first-order valence-corrected chi connectivity index (χ1v) is 6.31. The van der Waals surface area contributed by atoms with E-state index in [4.69, 9.17) is 16.7 Å². The minimum absolute atomic E-state index is 0.0368. The molecule has 0 atom stereocenters. The number of nitro groups is 1. The SMILES string of the molecule is O=[N+]([O-])c1ccc(Cl)cc1NCCCCCCO. The van der Waals surface area contributed by atoms with E-state index in [1.54, 1.807) is 6.07 Å². The number of nitro benzene ring substituents is 1. The van der Waals surface area contributed by atoms with Crippen LogP contribution in [0.1, 0.15) is 25.7 Å². The Hall–Kier alpha value is -1.33. The van der Waals surface area contributed by atoms with Crippen LogP contribution in [0, 0.1) is 10.1 Å². The van der Waals surface area contributed by atoms with Gasteiger partial charge in [-0.25, -0.2) is 0 Å². The molecule has 1 aromatic rings. The number of nitrogens with one attached hydrogen (secondary N) is 1. The summed E-state index contributed by atoms with van der Waals surface area (Å²) in [6.07, 6.45) is 3.67. The van der Waals surface area contributed by atoms with Gasteiger partial charge in [0.15, 0.2) is 0 Å². The highest BCUT2D eigenvalue weighted by molar-refractivity contribution is 6.31. The van der Waals surface area contributed by atoms with Crippen molar-refractivity contribution in [1.29, 1.82) is 0 Å². The van der Waals surface area contributed by atoms with Crippen LogP contribution >= 0.6 is 11.6 Å². The first-order valence-electron chi connectivity index (χ1n) is 5.94. The zero-order chi connectivity index (χ0) is 13.4. The van der Waals surface area contributed by atoms with E-state index in [0.717, 1.165) is 25.7 Å². The Morgan fingerprint density at radius 3 is 2.67 bits per heavy atom. The fraction of sp³-hybridized carbons (Fsp3) is 0.500. The van der Waals surface area contributed by atoms with Gasteiger partial charge < -0.3 is 10.4 Å². The maximum atomic E-state index is 10.8. The van der Waals surface area contributed by atoms with Crippen LogP contribution in [0.3, 0.4) is 0 Å². The lowest BCUT2D eigenvalue weighted by molar-refractivity contribution is -0.384. The van der Waals surface area contributed by atoms with E-state index in [9.17, 15) is 10.1 Å². The van der Waals surface area contributed by atoms with Crippen LogP contribution in [0.2, 0.25) is 5.02 Å². The highest BCUT2D eigenvalue weighted by Gasteiger charge is 2.12. The minimum Gasteiger partial charge on any atom is -0.396 e. The fourth-order valence-corrected chi connectivity index (χ4v) is 1.79. The smallest absolute Gasteiger partial charge is 0.292 e. The molecule has 0 aromatic heterocycles. The van der Waals surface area contributed by atoms with E-state index in [0.29, 0.717) is 17.3 Å². The average molecular weight is 273 g/mol. The molecular weight excluding hydrogens is 256 g/mol. The van der Waals surface area contributed by atoms with Gasteiger partial charge in [-0.05, 0) is 25.0 Å². The van der Waals surface area contributed by atoms with Gasteiger partial charge in [0, 0.05) is 24.2 Å². The van der Waals surface area contributed by atoms with E-state index in [1.165, 1.54) is 12.1 Å². The van der Waals surface area contributed by atoms with Crippen LogP contribution < -0.4 is 5.32 Å². The number of aliphatic hydroxyl groups is 1. The van der Waals surface area contributed by atoms with Crippen molar-refractivity contribution in [1.82, 2.24) is 0 Å². The third kappa shape index (κ3) is 4.89. The molecule has 0 aliphatic rings. The van der Waals surface area contributed by atoms with Gasteiger partial charge in [-0.2, -0.15) is 0 Å². The molecule has 0 saturated carbocycles. The Morgan fingerprint density at radius 1 is 1.28 bits per heavy atom. The molecule has 0 bridgehead atoms. The van der Waals surface area contributed by atoms with Crippen molar-refractivity contribution >= 4 is 23.0 Å². The van der Waals surface area contributed by atoms with Gasteiger partial charge in [0.2, 0.25) is 0 Å². The first kappa shape index (κ1) is 14.7. The summed E-state index contributed by atoms with van der Waals surface area (Å²) in [5.74, 6) is 0. The molecule has 1 rings (SSSR count). The number of hydrogen-bond donors (Lipinski definition) is 2. The lowest BCUT2D eigenvalue weighted by Crippen LogP contribution is -2.04. The van der Waals surface area contributed by atoms with E-state index in [1.807, 2.05) is 0 Å². The lowest BCUT2D eigenvalue weighted by atomic mass is 10.2. The van der Waals surface area contributed by atoms with Crippen molar-refractivity contribution in [3.63, 3.8) is 0 Å². The number of hydrogen-bond acceptors (Lipinski definition) is 4. The van der Waals surface area contributed by atoms with Gasteiger partial charge in [0.1, 0.15) is 5.69 Å². The number of aliphatic hydroxyl groups excluding tert-OH is 1. The van der Waals surface area contributed by atoms with Crippen molar-refractivity contribution in [3.05, 3.63) is 33.3 Å². The van der Waals surface area contributed by atoms with Crippen LogP contribution in [0.25, 0.3) is 0 Å². The molecule has 18 heavy (non-hydrogen) atoms. The van der Waals surface area contributed by atoms with Crippen LogP contribution in [0.5, 0.6) is 0 Å². The van der Waals surface area contributed by atoms with Gasteiger partial charge in [0.25, 0.3) is 5.69 Å². The highest BCUT2D eigenvalue weighted by atomic mass is 35.5. The number of unbranched alkanes of at least 4 members (excludes halogenated alkanes) is 3. The summed E-state index contributed by atoms with van der Waals surface area (Å²) in [6, 6.07) is 4.47.